The molecule has 1 saturated heterocycles. The molecule has 0 unspecified atom stereocenters. The molecule has 0 radical (unpaired) electrons. The van der Waals surface area contributed by atoms with E-state index in [2.05, 4.69) is 14.9 Å². The Bertz CT molecular complexity index is 916. The fourth-order valence-corrected chi connectivity index (χ4v) is 3.40. The fraction of sp³-hybridized carbons (Fsp3) is 0.278. The Hall–Kier alpha value is -2.60. The monoisotopic (exact) mass is 355 g/mol. The molecule has 3 heterocycles. The van der Waals surface area contributed by atoms with Crippen LogP contribution in [0.3, 0.4) is 0 Å². The zero-order chi connectivity index (χ0) is 17.4. The first-order valence-electron chi connectivity index (χ1n) is 8.20. The average molecular weight is 356 g/mol. The minimum atomic E-state index is 0.0449. The van der Waals surface area contributed by atoms with Crippen LogP contribution < -0.4 is 4.90 Å². The van der Waals surface area contributed by atoms with Crippen LogP contribution in [0.2, 0.25) is 5.02 Å². The van der Waals surface area contributed by atoms with Crippen LogP contribution in [0.4, 0.5) is 5.95 Å². The van der Waals surface area contributed by atoms with Gasteiger partial charge in [0.2, 0.25) is 5.95 Å². The van der Waals surface area contributed by atoms with Gasteiger partial charge in [-0.05, 0) is 24.3 Å². The second-order valence-electron chi connectivity index (χ2n) is 6.12. The third-order valence-electron chi connectivity index (χ3n) is 4.63. The lowest BCUT2D eigenvalue weighted by Gasteiger charge is -2.34. The van der Waals surface area contributed by atoms with Crippen molar-refractivity contribution in [3.05, 3.63) is 53.4 Å². The number of piperazine rings is 1. The van der Waals surface area contributed by atoms with Gasteiger partial charge in [-0.3, -0.25) is 4.79 Å². The maximum atomic E-state index is 12.9. The van der Waals surface area contributed by atoms with Crippen molar-refractivity contribution < 1.29 is 4.79 Å². The molecule has 1 aliphatic heterocycles. The highest BCUT2D eigenvalue weighted by atomic mass is 35.5. The van der Waals surface area contributed by atoms with Crippen molar-refractivity contribution in [1.29, 1.82) is 0 Å². The SMILES string of the molecule is Cn1c(C(=O)N2CCN(c3ncccn3)CC2)cc2ccc(Cl)cc21. The van der Waals surface area contributed by atoms with E-state index >= 15 is 0 Å². The van der Waals surface area contributed by atoms with Crippen LogP contribution in [0.25, 0.3) is 10.9 Å². The summed E-state index contributed by atoms with van der Waals surface area (Å²) in [6.07, 6.45) is 3.47. The van der Waals surface area contributed by atoms with E-state index in [-0.39, 0.29) is 5.91 Å². The van der Waals surface area contributed by atoms with Gasteiger partial charge in [0.25, 0.3) is 5.91 Å². The van der Waals surface area contributed by atoms with Crippen molar-refractivity contribution in [2.75, 3.05) is 31.1 Å². The summed E-state index contributed by atoms with van der Waals surface area (Å²) in [5.74, 6) is 0.761. The molecule has 4 rings (SSSR count). The standard InChI is InChI=1S/C18H18ClN5O/c1-22-15-12-14(19)4-3-13(15)11-16(22)17(25)23-7-9-24(10-8-23)18-20-5-2-6-21-18/h2-6,11-12H,7-10H2,1H3. The number of hydrogen-bond donors (Lipinski definition) is 0. The molecular weight excluding hydrogens is 338 g/mol. The third kappa shape index (κ3) is 2.93. The fourth-order valence-electron chi connectivity index (χ4n) is 3.23. The molecular formula is C18H18ClN5O. The van der Waals surface area contributed by atoms with Gasteiger partial charge < -0.3 is 14.4 Å². The Balaban J connectivity index is 1.52. The largest absolute Gasteiger partial charge is 0.340 e. The Morgan fingerprint density at radius 3 is 2.52 bits per heavy atom. The van der Waals surface area contributed by atoms with Crippen molar-refractivity contribution in [2.24, 2.45) is 7.05 Å². The summed E-state index contributed by atoms with van der Waals surface area (Å²) in [4.78, 5) is 25.5. The van der Waals surface area contributed by atoms with Crippen LogP contribution in [0.15, 0.2) is 42.7 Å². The molecule has 1 fully saturated rings. The van der Waals surface area contributed by atoms with Crippen LogP contribution in [-0.2, 0) is 7.05 Å². The first-order valence-corrected chi connectivity index (χ1v) is 8.57. The van der Waals surface area contributed by atoms with E-state index in [9.17, 15) is 4.79 Å². The van der Waals surface area contributed by atoms with Crippen molar-refractivity contribution in [2.45, 2.75) is 0 Å². The summed E-state index contributed by atoms with van der Waals surface area (Å²) in [6, 6.07) is 9.41. The quantitative estimate of drug-likeness (QED) is 0.709. The van der Waals surface area contributed by atoms with E-state index in [1.165, 1.54) is 0 Å². The maximum absolute atomic E-state index is 12.9. The predicted molar refractivity (Wildman–Crippen MR) is 98.1 cm³/mol. The molecule has 0 saturated carbocycles. The van der Waals surface area contributed by atoms with Gasteiger partial charge in [-0.25, -0.2) is 9.97 Å². The minimum absolute atomic E-state index is 0.0449. The van der Waals surface area contributed by atoms with Crippen LogP contribution in [0.1, 0.15) is 10.5 Å². The number of rotatable bonds is 2. The lowest BCUT2D eigenvalue weighted by Crippen LogP contribution is -2.49. The van der Waals surface area contributed by atoms with Gasteiger partial charge in [0.15, 0.2) is 0 Å². The Kier molecular flexibility index (Phi) is 4.05. The molecule has 128 valence electrons. The van der Waals surface area contributed by atoms with Gasteiger partial charge in [0.1, 0.15) is 5.69 Å². The summed E-state index contributed by atoms with van der Waals surface area (Å²) >= 11 is 6.08. The highest BCUT2D eigenvalue weighted by Crippen LogP contribution is 2.24. The van der Waals surface area contributed by atoms with Gasteiger partial charge in [0, 0.05) is 61.5 Å². The lowest BCUT2D eigenvalue weighted by molar-refractivity contribution is 0.0737. The molecule has 3 aromatic rings. The zero-order valence-corrected chi connectivity index (χ0v) is 14.6. The second kappa shape index (κ2) is 6.37. The number of carbonyl (C=O) groups is 1. The minimum Gasteiger partial charge on any atom is -0.340 e. The van der Waals surface area contributed by atoms with Crippen LogP contribution >= 0.6 is 11.6 Å². The predicted octanol–water partition coefficient (Wildman–Crippen LogP) is 2.58. The number of benzene rings is 1. The molecule has 1 amide bonds. The Labute approximate surface area is 150 Å². The number of hydrogen-bond acceptors (Lipinski definition) is 4. The molecule has 0 aliphatic carbocycles. The molecule has 25 heavy (non-hydrogen) atoms. The molecule has 0 bridgehead atoms. The number of fused-ring (bicyclic) bond motifs is 1. The molecule has 0 N–H and O–H groups in total. The highest BCUT2D eigenvalue weighted by molar-refractivity contribution is 6.31. The Morgan fingerprint density at radius 2 is 1.80 bits per heavy atom. The summed E-state index contributed by atoms with van der Waals surface area (Å²) in [5.41, 5.74) is 1.65. The van der Waals surface area contributed by atoms with Crippen molar-refractivity contribution in [1.82, 2.24) is 19.4 Å². The molecule has 7 heteroatoms. The summed E-state index contributed by atoms with van der Waals surface area (Å²) in [5, 5.41) is 1.69. The number of carbonyl (C=O) groups excluding carboxylic acids is 1. The molecule has 1 aromatic carbocycles. The summed E-state index contributed by atoms with van der Waals surface area (Å²) in [7, 11) is 1.90. The van der Waals surface area contributed by atoms with Crippen LogP contribution in [-0.4, -0.2) is 51.5 Å². The van der Waals surface area contributed by atoms with Gasteiger partial charge in [-0.1, -0.05) is 17.7 Å². The van der Waals surface area contributed by atoms with Gasteiger partial charge in [-0.2, -0.15) is 0 Å². The molecule has 6 nitrogen and oxygen atoms in total. The maximum Gasteiger partial charge on any atom is 0.270 e. The number of amides is 1. The highest BCUT2D eigenvalue weighted by Gasteiger charge is 2.25. The zero-order valence-electron chi connectivity index (χ0n) is 13.9. The Morgan fingerprint density at radius 1 is 1.08 bits per heavy atom. The van der Waals surface area contributed by atoms with Gasteiger partial charge >= 0.3 is 0 Å². The van der Waals surface area contributed by atoms with E-state index in [1.54, 1.807) is 18.5 Å². The second-order valence-corrected chi connectivity index (χ2v) is 6.56. The normalized spacial score (nSPS) is 15.0. The number of aromatic nitrogens is 3. The summed E-state index contributed by atoms with van der Waals surface area (Å²) in [6.45, 7) is 2.76. The van der Waals surface area contributed by atoms with E-state index in [0.717, 1.165) is 24.0 Å². The molecule has 2 aromatic heterocycles. The lowest BCUT2D eigenvalue weighted by atomic mass is 10.2. The number of halogens is 1. The smallest absolute Gasteiger partial charge is 0.270 e. The van der Waals surface area contributed by atoms with E-state index in [0.29, 0.717) is 29.8 Å². The first kappa shape index (κ1) is 15.9. The van der Waals surface area contributed by atoms with E-state index in [4.69, 9.17) is 11.6 Å². The summed E-state index contributed by atoms with van der Waals surface area (Å²) < 4.78 is 1.91. The van der Waals surface area contributed by atoms with E-state index < -0.39 is 0 Å². The number of nitrogens with zero attached hydrogens (tertiary/aromatic N) is 5. The van der Waals surface area contributed by atoms with Crippen molar-refractivity contribution >= 4 is 34.4 Å². The number of aryl methyl sites for hydroxylation is 1. The van der Waals surface area contributed by atoms with Gasteiger partial charge in [0.05, 0.1) is 0 Å². The molecule has 0 atom stereocenters. The average Bonchev–Trinajstić information content (AvgIpc) is 2.98. The van der Waals surface area contributed by atoms with E-state index in [1.807, 2.05) is 40.8 Å². The van der Waals surface area contributed by atoms with Crippen LogP contribution in [0, 0.1) is 0 Å². The molecule has 1 aliphatic rings. The molecule has 0 spiro atoms. The first-order chi connectivity index (χ1) is 12.1. The topological polar surface area (TPSA) is 54.3 Å². The third-order valence-corrected chi connectivity index (χ3v) is 4.86. The van der Waals surface area contributed by atoms with Crippen molar-refractivity contribution in [3.63, 3.8) is 0 Å². The van der Waals surface area contributed by atoms with Gasteiger partial charge in [-0.15, -0.1) is 0 Å². The van der Waals surface area contributed by atoms with Crippen molar-refractivity contribution in [3.8, 4) is 0 Å². The van der Waals surface area contributed by atoms with Crippen LogP contribution in [0.5, 0.6) is 0 Å². The number of anilines is 1.